The third kappa shape index (κ3) is 11.1. The largest absolute Gasteiger partial charge is 0.487 e. The molecule has 6 rings (SSSR count). The van der Waals surface area contributed by atoms with E-state index in [9.17, 15) is 19.5 Å². The normalized spacial score (nSPS) is 18.0. The van der Waals surface area contributed by atoms with Gasteiger partial charge in [-0.1, -0.05) is 52.0 Å². The van der Waals surface area contributed by atoms with Gasteiger partial charge in [-0.3, -0.25) is 9.69 Å². The summed E-state index contributed by atoms with van der Waals surface area (Å²) >= 11 is 1.69. The van der Waals surface area contributed by atoms with Gasteiger partial charge in [0.05, 0.1) is 69.3 Å². The minimum Gasteiger partial charge on any atom is -0.487 e. The Balaban J connectivity index is 1.28. The summed E-state index contributed by atoms with van der Waals surface area (Å²) < 4.78 is 33.3. The van der Waals surface area contributed by atoms with Gasteiger partial charge in [-0.2, -0.15) is 0 Å². The number of aliphatic hydroxyl groups excluding tert-OH is 1. The smallest absolute Gasteiger partial charge is 0.407 e. The number of imidazole rings is 2. The summed E-state index contributed by atoms with van der Waals surface area (Å²) in [5, 5.41) is 16.9. The van der Waals surface area contributed by atoms with Gasteiger partial charge in [-0.05, 0) is 47.9 Å². The van der Waals surface area contributed by atoms with Crippen LogP contribution in [0.25, 0.3) is 33.6 Å². The Hall–Kier alpha value is -5.34. The van der Waals surface area contributed by atoms with Crippen molar-refractivity contribution >= 4 is 29.9 Å². The minimum absolute atomic E-state index is 0.0473. The van der Waals surface area contributed by atoms with Crippen LogP contribution >= 0.6 is 11.8 Å². The molecule has 0 radical (unpaired) electrons. The lowest BCUT2D eigenvalue weighted by molar-refractivity contribution is -0.135. The third-order valence-corrected chi connectivity index (χ3v) is 12.5. The van der Waals surface area contributed by atoms with Crippen LogP contribution in [0.1, 0.15) is 64.3 Å². The van der Waals surface area contributed by atoms with E-state index in [-0.39, 0.29) is 43.0 Å². The first-order valence-electron chi connectivity index (χ1n) is 21.5. The summed E-state index contributed by atoms with van der Waals surface area (Å²) in [6.45, 7) is 9.37. The SMILES string of the molecule is COCCOc1c(-c2ccc(-c3cnc(C4CSCN4C(O)C(NC(=O)OC)C(C)C)[nH]3)cc2)ccc(-c2cnc(C3CCCN3C(=O)C(NC(=O)OC)C(C)C)[nH]2)c1OCCOC. The molecule has 2 aliphatic heterocycles. The molecule has 2 aromatic heterocycles. The number of H-pyrrole nitrogens is 2. The molecule has 5 N–H and O–H groups in total. The first kappa shape index (κ1) is 48.1. The summed E-state index contributed by atoms with van der Waals surface area (Å²) in [4.78, 5) is 58.2. The number of aromatic nitrogens is 4. The molecule has 5 atom stereocenters. The summed E-state index contributed by atoms with van der Waals surface area (Å²) in [6.07, 6.45) is 2.82. The van der Waals surface area contributed by atoms with E-state index in [1.165, 1.54) is 14.2 Å². The van der Waals surface area contributed by atoms with Gasteiger partial charge in [-0.15, -0.1) is 11.8 Å². The molecule has 0 saturated carbocycles. The van der Waals surface area contributed by atoms with Gasteiger partial charge < -0.3 is 59.0 Å². The van der Waals surface area contributed by atoms with Crippen LogP contribution in [-0.2, 0) is 23.7 Å². The highest BCUT2D eigenvalue weighted by Crippen LogP contribution is 2.46. The number of rotatable bonds is 20. The van der Waals surface area contributed by atoms with Crippen LogP contribution in [0.4, 0.5) is 9.59 Å². The maximum Gasteiger partial charge on any atom is 0.407 e. The van der Waals surface area contributed by atoms with Crippen molar-refractivity contribution in [2.45, 2.75) is 70.9 Å². The van der Waals surface area contributed by atoms with Crippen LogP contribution in [0.5, 0.6) is 11.5 Å². The van der Waals surface area contributed by atoms with E-state index in [2.05, 4.69) is 20.6 Å². The Labute approximate surface area is 378 Å². The number of thioether (sulfide) groups is 1. The number of likely N-dealkylation sites (tertiary alicyclic amines) is 1. The van der Waals surface area contributed by atoms with Crippen molar-refractivity contribution in [3.63, 3.8) is 0 Å². The molecule has 0 bridgehead atoms. The zero-order chi connectivity index (χ0) is 45.9. The van der Waals surface area contributed by atoms with Crippen LogP contribution in [0, 0.1) is 11.8 Å². The standard InChI is InChI=1S/C45H62N8O10S/c1-26(2)36(50-44(56)60-7)42(54)52-17-9-10-34(52)40-47-23-33(49-40)31-16-15-30(38(62-20-18-58-5)39(31)63-21-19-59-6)28-11-13-29(14-12-28)32-22-46-41(48-32)35-24-64-25-53(35)43(55)37(27(3)4)51-45(57)61-8/h11-16,22-23,26-27,34-37,43,55H,9-10,17-21,24-25H2,1-8H3,(H,46,48)(H,47,49)(H,50,56)(H,51,57). The second kappa shape index (κ2) is 22.5. The lowest BCUT2D eigenvalue weighted by atomic mass is 9.98. The molecule has 64 heavy (non-hydrogen) atoms. The molecular weight excluding hydrogens is 845 g/mol. The third-order valence-electron chi connectivity index (χ3n) is 11.5. The molecule has 348 valence electrons. The molecule has 4 aromatic rings. The van der Waals surface area contributed by atoms with E-state index >= 15 is 0 Å². The van der Waals surface area contributed by atoms with Gasteiger partial charge in [0.2, 0.25) is 5.91 Å². The van der Waals surface area contributed by atoms with Gasteiger partial charge >= 0.3 is 12.2 Å². The van der Waals surface area contributed by atoms with Crippen molar-refractivity contribution in [3.8, 4) is 45.1 Å². The molecule has 3 amide bonds. The highest BCUT2D eigenvalue weighted by Gasteiger charge is 2.40. The zero-order valence-corrected chi connectivity index (χ0v) is 38.7. The Morgan fingerprint density at radius 3 is 1.97 bits per heavy atom. The van der Waals surface area contributed by atoms with Crippen molar-refractivity contribution in [1.82, 2.24) is 40.4 Å². The number of alkyl carbamates (subject to hydrolysis) is 2. The first-order chi connectivity index (χ1) is 30.9. The van der Waals surface area contributed by atoms with Crippen LogP contribution in [0.15, 0.2) is 48.8 Å². The summed E-state index contributed by atoms with van der Waals surface area (Å²) in [7, 11) is 5.81. The summed E-state index contributed by atoms with van der Waals surface area (Å²) in [5.74, 6) is 3.25. The van der Waals surface area contributed by atoms with Crippen molar-refractivity contribution < 1.29 is 47.9 Å². The van der Waals surface area contributed by atoms with Crippen LogP contribution in [0.2, 0.25) is 0 Å². The van der Waals surface area contributed by atoms with E-state index in [0.29, 0.717) is 60.6 Å². The van der Waals surface area contributed by atoms with Crippen LogP contribution < -0.4 is 20.1 Å². The molecule has 2 saturated heterocycles. The summed E-state index contributed by atoms with van der Waals surface area (Å²) in [5.41, 5.74) is 4.78. The average molecular weight is 907 g/mol. The van der Waals surface area contributed by atoms with Crippen molar-refractivity contribution in [1.29, 1.82) is 0 Å². The molecule has 18 nitrogen and oxygen atoms in total. The number of ether oxygens (including phenoxy) is 6. The second-order valence-corrected chi connectivity index (χ2v) is 17.3. The number of hydrogen-bond acceptors (Lipinski definition) is 14. The number of nitrogens with zero attached hydrogens (tertiary/aromatic N) is 4. The summed E-state index contributed by atoms with van der Waals surface area (Å²) in [6, 6.07) is 10.2. The van der Waals surface area contributed by atoms with Crippen LogP contribution in [-0.4, -0.2) is 144 Å². The number of benzene rings is 2. The molecule has 0 spiro atoms. The lowest BCUT2D eigenvalue weighted by Crippen LogP contribution is -2.54. The van der Waals surface area contributed by atoms with Gasteiger partial charge in [0, 0.05) is 43.5 Å². The van der Waals surface area contributed by atoms with E-state index in [1.807, 2.05) is 69.0 Å². The van der Waals surface area contributed by atoms with Crippen molar-refractivity contribution in [2.75, 3.05) is 73.0 Å². The molecule has 19 heteroatoms. The predicted octanol–water partition coefficient (Wildman–Crippen LogP) is 5.97. The number of nitrogens with one attached hydrogen (secondary N) is 4. The number of aliphatic hydroxyl groups is 1. The number of amides is 3. The highest BCUT2D eigenvalue weighted by molar-refractivity contribution is 7.99. The van der Waals surface area contributed by atoms with Crippen molar-refractivity contribution in [3.05, 3.63) is 60.4 Å². The van der Waals surface area contributed by atoms with E-state index in [0.717, 1.165) is 40.4 Å². The quantitative estimate of drug-likeness (QED) is 0.0646. The number of aromatic amines is 2. The van der Waals surface area contributed by atoms with Crippen LogP contribution in [0.3, 0.4) is 0 Å². The maximum absolute atomic E-state index is 13.8. The van der Waals surface area contributed by atoms with E-state index in [4.69, 9.17) is 38.4 Å². The first-order valence-corrected chi connectivity index (χ1v) is 22.7. The van der Waals surface area contributed by atoms with Gasteiger partial charge in [0.15, 0.2) is 11.5 Å². The molecule has 5 unspecified atom stereocenters. The molecular formula is C45H62N8O10S. The number of hydrogen-bond donors (Lipinski definition) is 5. The Kier molecular flexibility index (Phi) is 16.9. The maximum atomic E-state index is 13.8. The van der Waals surface area contributed by atoms with E-state index in [1.54, 1.807) is 43.3 Å². The fraction of sp³-hybridized carbons (Fsp3) is 0.533. The second-order valence-electron chi connectivity index (χ2n) is 16.3. The molecule has 2 aliphatic rings. The van der Waals surface area contributed by atoms with Crippen molar-refractivity contribution in [2.24, 2.45) is 11.8 Å². The Morgan fingerprint density at radius 2 is 1.34 bits per heavy atom. The Bertz CT molecular complexity index is 2160. The lowest BCUT2D eigenvalue weighted by Gasteiger charge is -2.35. The zero-order valence-electron chi connectivity index (χ0n) is 37.8. The molecule has 2 fully saturated rings. The number of methoxy groups -OCH3 is 4. The van der Waals surface area contributed by atoms with Gasteiger partial charge in [0.25, 0.3) is 0 Å². The van der Waals surface area contributed by atoms with Gasteiger partial charge in [0.1, 0.15) is 37.1 Å². The molecule has 4 heterocycles. The topological polar surface area (TPSA) is 215 Å². The average Bonchev–Trinajstić information content (AvgIpc) is 4.14. The Morgan fingerprint density at radius 1 is 0.766 bits per heavy atom. The fourth-order valence-electron chi connectivity index (χ4n) is 8.00. The predicted molar refractivity (Wildman–Crippen MR) is 242 cm³/mol. The minimum atomic E-state index is -0.952. The van der Waals surface area contributed by atoms with E-state index < -0.39 is 30.5 Å². The molecule has 0 aliphatic carbocycles. The molecule has 2 aromatic carbocycles. The monoisotopic (exact) mass is 906 g/mol. The number of carbonyl (C=O) groups excluding carboxylic acids is 3. The fourth-order valence-corrected chi connectivity index (χ4v) is 9.22. The van der Waals surface area contributed by atoms with Gasteiger partial charge in [-0.25, -0.2) is 19.6 Å². The number of carbonyl (C=O) groups is 3. The highest BCUT2D eigenvalue weighted by atomic mass is 32.2.